The standard InChI is InChI=1S/C13H15BrN2O3/c1-15-13(18)12-8-19-5-4-16(12)11-3-2-9(7-17)6-10(11)14/h2-3,6-7,12H,4-5,8H2,1H3,(H,15,18). The number of ether oxygens (including phenoxy) is 1. The van der Waals surface area contributed by atoms with E-state index < -0.39 is 0 Å². The number of rotatable bonds is 3. The molecule has 1 aliphatic rings. The van der Waals surface area contributed by atoms with E-state index in [0.29, 0.717) is 25.3 Å². The van der Waals surface area contributed by atoms with Crippen LogP contribution in [-0.2, 0) is 9.53 Å². The fourth-order valence-corrected chi connectivity index (χ4v) is 2.73. The molecule has 1 unspecified atom stereocenters. The van der Waals surface area contributed by atoms with Crippen molar-refractivity contribution in [2.24, 2.45) is 0 Å². The molecule has 0 spiro atoms. The van der Waals surface area contributed by atoms with Crippen molar-refractivity contribution in [3.63, 3.8) is 0 Å². The van der Waals surface area contributed by atoms with Gasteiger partial charge in [0.2, 0.25) is 5.91 Å². The molecule has 1 aliphatic heterocycles. The van der Waals surface area contributed by atoms with Crippen LogP contribution in [0.1, 0.15) is 10.4 Å². The van der Waals surface area contributed by atoms with E-state index in [0.717, 1.165) is 16.4 Å². The molecule has 102 valence electrons. The summed E-state index contributed by atoms with van der Waals surface area (Å²) >= 11 is 3.45. The molecule has 1 saturated heterocycles. The van der Waals surface area contributed by atoms with Gasteiger partial charge >= 0.3 is 0 Å². The average Bonchev–Trinajstić information content (AvgIpc) is 2.46. The van der Waals surface area contributed by atoms with Gasteiger partial charge in [0.05, 0.1) is 18.9 Å². The first-order valence-corrected chi connectivity index (χ1v) is 6.77. The van der Waals surface area contributed by atoms with Gasteiger partial charge in [0.1, 0.15) is 12.3 Å². The molecule has 6 heteroatoms. The molecule has 0 radical (unpaired) electrons. The lowest BCUT2D eigenvalue weighted by Gasteiger charge is -2.36. The van der Waals surface area contributed by atoms with Crippen LogP contribution >= 0.6 is 15.9 Å². The van der Waals surface area contributed by atoms with Crippen LogP contribution in [0.2, 0.25) is 0 Å². The summed E-state index contributed by atoms with van der Waals surface area (Å²) in [4.78, 5) is 24.6. The second-order valence-corrected chi connectivity index (χ2v) is 5.08. The molecular formula is C13H15BrN2O3. The number of carbonyl (C=O) groups is 2. The molecule has 0 bridgehead atoms. The monoisotopic (exact) mass is 326 g/mol. The van der Waals surface area contributed by atoms with E-state index in [2.05, 4.69) is 21.2 Å². The molecule has 1 N–H and O–H groups in total. The van der Waals surface area contributed by atoms with Gasteiger partial charge in [0.25, 0.3) is 0 Å². The lowest BCUT2D eigenvalue weighted by Crippen LogP contribution is -2.53. The number of halogens is 1. The Labute approximate surface area is 120 Å². The van der Waals surface area contributed by atoms with Crippen LogP contribution in [0.3, 0.4) is 0 Å². The highest BCUT2D eigenvalue weighted by Crippen LogP contribution is 2.29. The van der Waals surface area contributed by atoms with Crippen molar-refractivity contribution >= 4 is 33.8 Å². The van der Waals surface area contributed by atoms with E-state index >= 15 is 0 Å². The maximum atomic E-state index is 11.9. The number of amides is 1. The minimum Gasteiger partial charge on any atom is -0.377 e. The summed E-state index contributed by atoms with van der Waals surface area (Å²) in [5.41, 5.74) is 1.49. The summed E-state index contributed by atoms with van der Waals surface area (Å²) in [6.45, 7) is 1.58. The van der Waals surface area contributed by atoms with Crippen molar-refractivity contribution in [3.8, 4) is 0 Å². The second-order valence-electron chi connectivity index (χ2n) is 4.23. The Kier molecular flexibility index (Phi) is 4.55. The van der Waals surface area contributed by atoms with E-state index in [1.54, 1.807) is 19.2 Å². The molecule has 1 atom stereocenters. The molecule has 0 aromatic heterocycles. The molecule has 0 aliphatic carbocycles. The van der Waals surface area contributed by atoms with E-state index in [1.807, 2.05) is 11.0 Å². The average molecular weight is 327 g/mol. The third-order valence-corrected chi connectivity index (χ3v) is 3.73. The van der Waals surface area contributed by atoms with Crippen molar-refractivity contribution in [2.45, 2.75) is 6.04 Å². The molecule has 1 amide bonds. The van der Waals surface area contributed by atoms with Crippen molar-refractivity contribution in [2.75, 3.05) is 31.7 Å². The number of nitrogens with zero attached hydrogens (tertiary/aromatic N) is 1. The first-order chi connectivity index (χ1) is 9.17. The SMILES string of the molecule is CNC(=O)C1COCCN1c1ccc(C=O)cc1Br. The number of nitrogens with one attached hydrogen (secondary N) is 1. The molecule has 1 aromatic rings. The number of likely N-dealkylation sites (N-methyl/N-ethyl adjacent to an activating group) is 1. The zero-order chi connectivity index (χ0) is 13.8. The van der Waals surface area contributed by atoms with E-state index in [1.165, 1.54) is 0 Å². The molecule has 1 heterocycles. The number of benzene rings is 1. The van der Waals surface area contributed by atoms with Crippen molar-refractivity contribution in [1.82, 2.24) is 5.32 Å². The molecule has 19 heavy (non-hydrogen) atoms. The Balaban J connectivity index is 2.32. The third kappa shape index (κ3) is 2.96. The minimum absolute atomic E-state index is 0.0777. The maximum Gasteiger partial charge on any atom is 0.244 e. The molecule has 1 fully saturated rings. The van der Waals surface area contributed by atoms with Gasteiger partial charge in [-0.2, -0.15) is 0 Å². The van der Waals surface area contributed by atoms with Gasteiger partial charge in [-0.3, -0.25) is 9.59 Å². The highest BCUT2D eigenvalue weighted by molar-refractivity contribution is 9.10. The summed E-state index contributed by atoms with van der Waals surface area (Å²) in [5.74, 6) is -0.0777. The number of carbonyl (C=O) groups excluding carboxylic acids is 2. The zero-order valence-electron chi connectivity index (χ0n) is 10.6. The fourth-order valence-electron chi connectivity index (χ4n) is 2.11. The van der Waals surface area contributed by atoms with Crippen LogP contribution in [0.15, 0.2) is 22.7 Å². The summed E-state index contributed by atoms with van der Waals surface area (Å²) in [5, 5.41) is 2.64. The summed E-state index contributed by atoms with van der Waals surface area (Å²) in [6.07, 6.45) is 0.796. The molecule has 1 aromatic carbocycles. The molecule has 0 saturated carbocycles. The summed E-state index contributed by atoms with van der Waals surface area (Å²) in [6, 6.07) is 4.98. The number of hydrogen-bond acceptors (Lipinski definition) is 4. The van der Waals surface area contributed by atoms with Gasteiger partial charge in [-0.05, 0) is 34.1 Å². The lowest BCUT2D eigenvalue weighted by molar-refractivity contribution is -0.124. The van der Waals surface area contributed by atoms with Gasteiger partial charge in [-0.25, -0.2) is 0 Å². The van der Waals surface area contributed by atoms with Crippen LogP contribution < -0.4 is 10.2 Å². The molecule has 2 rings (SSSR count). The van der Waals surface area contributed by atoms with Crippen LogP contribution in [0.5, 0.6) is 0 Å². The van der Waals surface area contributed by atoms with Crippen molar-refractivity contribution in [3.05, 3.63) is 28.2 Å². The Bertz CT molecular complexity index is 493. The Hall–Kier alpha value is -1.40. The Morgan fingerprint density at radius 2 is 2.37 bits per heavy atom. The summed E-state index contributed by atoms with van der Waals surface area (Å²) in [7, 11) is 1.61. The summed E-state index contributed by atoms with van der Waals surface area (Å²) < 4.78 is 6.17. The van der Waals surface area contributed by atoms with Crippen LogP contribution in [0.4, 0.5) is 5.69 Å². The third-order valence-electron chi connectivity index (χ3n) is 3.09. The smallest absolute Gasteiger partial charge is 0.244 e. The fraction of sp³-hybridized carbons (Fsp3) is 0.385. The highest BCUT2D eigenvalue weighted by Gasteiger charge is 2.29. The number of morpholine rings is 1. The van der Waals surface area contributed by atoms with E-state index in [4.69, 9.17) is 4.74 Å². The zero-order valence-corrected chi connectivity index (χ0v) is 12.1. The number of anilines is 1. The number of aldehydes is 1. The number of hydrogen-bond donors (Lipinski definition) is 1. The van der Waals surface area contributed by atoms with Gasteiger partial charge in [0.15, 0.2) is 0 Å². The minimum atomic E-state index is -0.350. The Morgan fingerprint density at radius 3 is 3.00 bits per heavy atom. The largest absolute Gasteiger partial charge is 0.377 e. The van der Waals surface area contributed by atoms with Gasteiger partial charge in [-0.1, -0.05) is 0 Å². The van der Waals surface area contributed by atoms with Gasteiger partial charge < -0.3 is 15.0 Å². The Morgan fingerprint density at radius 1 is 1.58 bits per heavy atom. The quantitative estimate of drug-likeness (QED) is 0.848. The highest BCUT2D eigenvalue weighted by atomic mass is 79.9. The second kappa shape index (κ2) is 6.16. The van der Waals surface area contributed by atoms with E-state index in [-0.39, 0.29) is 11.9 Å². The van der Waals surface area contributed by atoms with Gasteiger partial charge in [-0.15, -0.1) is 0 Å². The molecular weight excluding hydrogens is 312 g/mol. The van der Waals surface area contributed by atoms with Crippen LogP contribution in [0.25, 0.3) is 0 Å². The first-order valence-electron chi connectivity index (χ1n) is 5.98. The predicted molar refractivity (Wildman–Crippen MR) is 75.5 cm³/mol. The van der Waals surface area contributed by atoms with Crippen molar-refractivity contribution < 1.29 is 14.3 Å². The van der Waals surface area contributed by atoms with E-state index in [9.17, 15) is 9.59 Å². The topological polar surface area (TPSA) is 58.6 Å². The first kappa shape index (κ1) is 14.0. The van der Waals surface area contributed by atoms with Crippen molar-refractivity contribution in [1.29, 1.82) is 0 Å². The molecule has 5 nitrogen and oxygen atoms in total. The predicted octanol–water partition coefficient (Wildman–Crippen LogP) is 1.21. The van der Waals surface area contributed by atoms with Crippen LogP contribution in [-0.4, -0.2) is 45.0 Å². The van der Waals surface area contributed by atoms with Crippen LogP contribution in [0, 0.1) is 0 Å². The maximum absolute atomic E-state index is 11.9. The normalized spacial score (nSPS) is 19.1. The lowest BCUT2D eigenvalue weighted by atomic mass is 10.1. The van der Waals surface area contributed by atoms with Gasteiger partial charge in [0, 0.05) is 23.6 Å².